The van der Waals surface area contributed by atoms with Gasteiger partial charge in [0.25, 0.3) is 5.91 Å². The van der Waals surface area contributed by atoms with E-state index < -0.39 is 0 Å². The van der Waals surface area contributed by atoms with Crippen LogP contribution in [0.25, 0.3) is 0 Å². The third-order valence-corrected chi connectivity index (χ3v) is 4.11. The van der Waals surface area contributed by atoms with Crippen molar-refractivity contribution in [3.63, 3.8) is 0 Å². The molecule has 1 amide bonds. The summed E-state index contributed by atoms with van der Waals surface area (Å²) in [6, 6.07) is 9.63. The van der Waals surface area contributed by atoms with Gasteiger partial charge in [-0.2, -0.15) is 4.98 Å². The molecule has 1 aromatic carbocycles. The molecule has 0 fully saturated rings. The molecule has 3 rings (SSSR count). The molecule has 6 heteroatoms. The Kier molecular flexibility index (Phi) is 4.20. The van der Waals surface area contributed by atoms with Crippen molar-refractivity contribution in [3.8, 4) is 0 Å². The van der Waals surface area contributed by atoms with Crippen LogP contribution in [0.1, 0.15) is 33.3 Å². The number of hydrogen-bond donors (Lipinski definition) is 0. The molecule has 0 atom stereocenters. The van der Waals surface area contributed by atoms with E-state index in [1.807, 2.05) is 42.0 Å². The van der Waals surface area contributed by atoms with Gasteiger partial charge in [0.15, 0.2) is 5.82 Å². The molecule has 0 aliphatic heterocycles. The third kappa shape index (κ3) is 3.08. The lowest BCUT2D eigenvalue weighted by molar-refractivity contribution is 0.0984. The monoisotopic (exact) mass is 324 g/mol. The minimum absolute atomic E-state index is 0.0801. The van der Waals surface area contributed by atoms with E-state index in [1.165, 1.54) is 5.56 Å². The number of aryl methyl sites for hydroxylation is 3. The van der Waals surface area contributed by atoms with Gasteiger partial charge in [0, 0.05) is 25.9 Å². The van der Waals surface area contributed by atoms with Gasteiger partial charge in [-0.1, -0.05) is 11.2 Å². The average Bonchev–Trinajstić information content (AvgIpc) is 3.18. The lowest BCUT2D eigenvalue weighted by Gasteiger charge is -2.19. The van der Waals surface area contributed by atoms with Gasteiger partial charge < -0.3 is 14.0 Å². The molecular weight excluding hydrogens is 304 g/mol. The van der Waals surface area contributed by atoms with Crippen LogP contribution >= 0.6 is 0 Å². The van der Waals surface area contributed by atoms with Gasteiger partial charge in [-0.25, -0.2) is 0 Å². The molecule has 0 spiro atoms. The minimum Gasteiger partial charge on any atom is -0.340 e. The van der Waals surface area contributed by atoms with E-state index in [9.17, 15) is 4.79 Å². The van der Waals surface area contributed by atoms with Crippen LogP contribution < -0.4 is 4.90 Å². The SMILES string of the molecule is Cc1nc(Cn2cccc2C(=O)N(C)c2ccc(C)c(C)c2)no1. The number of nitrogens with zero attached hydrogens (tertiary/aromatic N) is 4. The van der Waals surface area contributed by atoms with E-state index >= 15 is 0 Å². The first-order valence-electron chi connectivity index (χ1n) is 7.75. The Bertz CT molecular complexity index is 879. The van der Waals surface area contributed by atoms with Crippen LogP contribution in [0.2, 0.25) is 0 Å². The topological polar surface area (TPSA) is 64.2 Å². The summed E-state index contributed by atoms with van der Waals surface area (Å²) in [5.74, 6) is 0.979. The Morgan fingerprint density at radius 1 is 1.21 bits per heavy atom. The van der Waals surface area contributed by atoms with Crippen molar-refractivity contribution in [2.75, 3.05) is 11.9 Å². The average molecular weight is 324 g/mol. The predicted octanol–water partition coefficient (Wildman–Crippen LogP) is 3.12. The quantitative estimate of drug-likeness (QED) is 0.739. The number of carbonyl (C=O) groups is 1. The lowest BCUT2D eigenvalue weighted by atomic mass is 10.1. The van der Waals surface area contributed by atoms with E-state index in [4.69, 9.17) is 4.52 Å². The Balaban J connectivity index is 1.84. The van der Waals surface area contributed by atoms with Crippen LogP contribution in [0.4, 0.5) is 5.69 Å². The molecule has 0 saturated carbocycles. The number of carbonyl (C=O) groups excluding carboxylic acids is 1. The molecule has 0 aliphatic rings. The maximum absolute atomic E-state index is 12.9. The second-order valence-electron chi connectivity index (χ2n) is 5.88. The molecular formula is C18H20N4O2. The molecule has 0 unspecified atom stereocenters. The van der Waals surface area contributed by atoms with Gasteiger partial charge >= 0.3 is 0 Å². The number of aromatic nitrogens is 3. The highest BCUT2D eigenvalue weighted by Crippen LogP contribution is 2.20. The number of anilines is 1. The molecule has 0 saturated heterocycles. The van der Waals surface area contributed by atoms with E-state index in [1.54, 1.807) is 24.9 Å². The fraction of sp³-hybridized carbons (Fsp3) is 0.278. The highest BCUT2D eigenvalue weighted by atomic mass is 16.5. The zero-order chi connectivity index (χ0) is 17.3. The molecule has 124 valence electrons. The first-order valence-corrected chi connectivity index (χ1v) is 7.75. The highest BCUT2D eigenvalue weighted by Gasteiger charge is 2.18. The Labute approximate surface area is 140 Å². The summed E-state index contributed by atoms with van der Waals surface area (Å²) in [7, 11) is 1.78. The second-order valence-corrected chi connectivity index (χ2v) is 5.88. The van der Waals surface area contributed by atoms with Gasteiger partial charge in [0.05, 0.1) is 6.54 Å². The van der Waals surface area contributed by atoms with Crippen molar-refractivity contribution in [2.45, 2.75) is 27.3 Å². The Morgan fingerprint density at radius 3 is 2.67 bits per heavy atom. The van der Waals surface area contributed by atoms with Crippen LogP contribution in [-0.4, -0.2) is 27.7 Å². The number of hydrogen-bond acceptors (Lipinski definition) is 4. The summed E-state index contributed by atoms with van der Waals surface area (Å²) in [5, 5.41) is 3.88. The molecule has 6 nitrogen and oxygen atoms in total. The zero-order valence-corrected chi connectivity index (χ0v) is 14.3. The smallest absolute Gasteiger partial charge is 0.274 e. The van der Waals surface area contributed by atoms with E-state index in [-0.39, 0.29) is 5.91 Å². The maximum atomic E-state index is 12.9. The fourth-order valence-corrected chi connectivity index (χ4v) is 2.53. The minimum atomic E-state index is -0.0801. The standard InChI is InChI=1S/C18H20N4O2/c1-12-7-8-15(10-13(12)2)21(4)18(23)16-6-5-9-22(16)11-17-19-14(3)24-20-17/h5-10H,11H2,1-4H3. The van der Waals surface area contributed by atoms with Crippen LogP contribution in [0.3, 0.4) is 0 Å². The van der Waals surface area contributed by atoms with Crippen LogP contribution in [0.15, 0.2) is 41.1 Å². The summed E-state index contributed by atoms with van der Waals surface area (Å²) in [6.07, 6.45) is 1.84. The molecule has 0 bridgehead atoms. The molecule has 2 heterocycles. The predicted molar refractivity (Wildman–Crippen MR) is 91.2 cm³/mol. The van der Waals surface area contributed by atoms with Crippen molar-refractivity contribution in [3.05, 3.63) is 65.1 Å². The largest absolute Gasteiger partial charge is 0.340 e. The van der Waals surface area contributed by atoms with E-state index in [0.29, 0.717) is 24.0 Å². The Hall–Kier alpha value is -2.89. The van der Waals surface area contributed by atoms with Crippen LogP contribution in [0.5, 0.6) is 0 Å². The van der Waals surface area contributed by atoms with Crippen molar-refractivity contribution in [1.82, 2.24) is 14.7 Å². The Morgan fingerprint density at radius 2 is 2.00 bits per heavy atom. The molecule has 3 aromatic rings. The molecule has 2 aromatic heterocycles. The van der Waals surface area contributed by atoms with Crippen molar-refractivity contribution in [2.24, 2.45) is 0 Å². The normalized spacial score (nSPS) is 10.8. The molecule has 0 N–H and O–H groups in total. The summed E-state index contributed by atoms with van der Waals surface area (Å²) >= 11 is 0. The summed E-state index contributed by atoms with van der Waals surface area (Å²) in [5.41, 5.74) is 3.81. The molecule has 0 radical (unpaired) electrons. The molecule has 0 aliphatic carbocycles. The second kappa shape index (κ2) is 6.31. The molecule has 24 heavy (non-hydrogen) atoms. The highest BCUT2D eigenvalue weighted by molar-refractivity contribution is 6.04. The van der Waals surface area contributed by atoms with Gasteiger partial charge in [-0.05, 0) is 49.2 Å². The number of amides is 1. The summed E-state index contributed by atoms with van der Waals surface area (Å²) < 4.78 is 6.81. The van der Waals surface area contributed by atoms with Crippen LogP contribution in [-0.2, 0) is 6.54 Å². The van der Waals surface area contributed by atoms with Gasteiger partial charge in [0.2, 0.25) is 5.89 Å². The number of rotatable bonds is 4. The zero-order valence-electron chi connectivity index (χ0n) is 14.3. The van der Waals surface area contributed by atoms with Crippen molar-refractivity contribution >= 4 is 11.6 Å². The summed E-state index contributed by atoms with van der Waals surface area (Å²) in [6.45, 7) is 6.23. The van der Waals surface area contributed by atoms with Crippen molar-refractivity contribution < 1.29 is 9.32 Å². The van der Waals surface area contributed by atoms with Gasteiger partial charge in [-0.3, -0.25) is 4.79 Å². The van der Waals surface area contributed by atoms with Crippen LogP contribution in [0, 0.1) is 20.8 Å². The fourth-order valence-electron chi connectivity index (χ4n) is 2.53. The maximum Gasteiger partial charge on any atom is 0.274 e. The van der Waals surface area contributed by atoms with E-state index in [2.05, 4.69) is 17.1 Å². The van der Waals surface area contributed by atoms with E-state index in [0.717, 1.165) is 11.3 Å². The van der Waals surface area contributed by atoms with Gasteiger partial charge in [-0.15, -0.1) is 0 Å². The lowest BCUT2D eigenvalue weighted by Crippen LogP contribution is -2.28. The first-order chi connectivity index (χ1) is 11.5. The number of benzene rings is 1. The third-order valence-electron chi connectivity index (χ3n) is 4.11. The first kappa shape index (κ1) is 16.0. The van der Waals surface area contributed by atoms with Crippen molar-refractivity contribution in [1.29, 1.82) is 0 Å². The van der Waals surface area contributed by atoms with Gasteiger partial charge in [0.1, 0.15) is 5.69 Å². The summed E-state index contributed by atoms with van der Waals surface area (Å²) in [4.78, 5) is 18.7.